The molecule has 1 N–H and O–H groups in total. The number of amides is 1. The Bertz CT molecular complexity index is 1030. The summed E-state index contributed by atoms with van der Waals surface area (Å²) in [4.78, 5) is 13.2. The number of nitrogens with one attached hydrogen (secondary N) is 1. The van der Waals surface area contributed by atoms with E-state index in [1.165, 1.54) is 28.1 Å². The van der Waals surface area contributed by atoms with Gasteiger partial charge in [0.1, 0.15) is 0 Å². The van der Waals surface area contributed by atoms with Crippen LogP contribution in [-0.4, -0.2) is 5.91 Å². The minimum atomic E-state index is -0.132. The second kappa shape index (κ2) is 7.36. The highest BCUT2D eigenvalue weighted by atomic mass is 32.2. The summed E-state index contributed by atoms with van der Waals surface area (Å²) in [5.74, 6) is 0.555. The molecule has 2 heterocycles. The van der Waals surface area contributed by atoms with Gasteiger partial charge < -0.3 is 5.32 Å². The zero-order valence-corrected chi connectivity index (χ0v) is 15.6. The molecule has 1 aliphatic heterocycles. The summed E-state index contributed by atoms with van der Waals surface area (Å²) < 4.78 is 0. The topological polar surface area (TPSA) is 52.9 Å². The van der Waals surface area contributed by atoms with Gasteiger partial charge in [-0.15, -0.1) is 23.1 Å². The van der Waals surface area contributed by atoms with E-state index in [4.69, 9.17) is 0 Å². The second-order valence-electron chi connectivity index (χ2n) is 6.15. The van der Waals surface area contributed by atoms with Gasteiger partial charge in [0, 0.05) is 23.0 Å². The number of hydrogen-bond acceptors (Lipinski definition) is 4. The number of nitriles is 1. The van der Waals surface area contributed by atoms with Gasteiger partial charge in [-0.1, -0.05) is 48.5 Å². The molecule has 1 aromatic heterocycles. The molecule has 0 aliphatic carbocycles. The van der Waals surface area contributed by atoms with Crippen molar-refractivity contribution in [2.24, 2.45) is 0 Å². The minimum absolute atomic E-state index is 0.0246. The van der Waals surface area contributed by atoms with E-state index in [9.17, 15) is 10.1 Å². The first-order chi connectivity index (χ1) is 12.7. The van der Waals surface area contributed by atoms with Crippen molar-refractivity contribution >= 4 is 39.8 Å². The Morgan fingerprint density at radius 2 is 2.00 bits per heavy atom. The summed E-state index contributed by atoms with van der Waals surface area (Å²) in [7, 11) is 0. The van der Waals surface area contributed by atoms with E-state index in [0.29, 0.717) is 22.8 Å². The number of carbonyl (C=O) groups excluding carboxylic acids is 1. The lowest BCUT2D eigenvalue weighted by Crippen LogP contribution is -2.30. The number of thiophene rings is 1. The van der Waals surface area contributed by atoms with Crippen LogP contribution in [0.1, 0.15) is 22.8 Å². The van der Waals surface area contributed by atoms with Crippen LogP contribution < -0.4 is 5.32 Å². The summed E-state index contributed by atoms with van der Waals surface area (Å²) in [6, 6.07) is 20.9. The van der Waals surface area contributed by atoms with Crippen LogP contribution >= 0.6 is 23.1 Å². The third kappa shape index (κ3) is 3.39. The van der Waals surface area contributed by atoms with E-state index in [2.05, 4.69) is 41.7 Å². The predicted molar refractivity (Wildman–Crippen MR) is 108 cm³/mol. The van der Waals surface area contributed by atoms with Gasteiger partial charge >= 0.3 is 0 Å². The lowest BCUT2D eigenvalue weighted by atomic mass is 9.93. The molecule has 3 aromatic rings. The number of carbonyl (C=O) groups is 1. The Labute approximate surface area is 160 Å². The first-order valence-electron chi connectivity index (χ1n) is 8.32. The fourth-order valence-electron chi connectivity index (χ4n) is 3.15. The van der Waals surface area contributed by atoms with Gasteiger partial charge in [0.25, 0.3) is 0 Å². The second-order valence-corrected chi connectivity index (χ2v) is 8.11. The van der Waals surface area contributed by atoms with Crippen molar-refractivity contribution in [2.75, 3.05) is 0 Å². The monoisotopic (exact) mass is 376 g/mol. The summed E-state index contributed by atoms with van der Waals surface area (Å²) in [6.07, 6.45) is 0.337. The number of rotatable bonds is 4. The Kier molecular flexibility index (Phi) is 4.79. The predicted octanol–water partition coefficient (Wildman–Crippen LogP) is 5.17. The van der Waals surface area contributed by atoms with Crippen LogP contribution in [-0.2, 0) is 10.5 Å². The van der Waals surface area contributed by atoms with Crippen LogP contribution in [0.3, 0.4) is 0 Å². The largest absolute Gasteiger partial charge is 0.320 e. The maximum Gasteiger partial charge on any atom is 0.225 e. The van der Waals surface area contributed by atoms with Crippen molar-refractivity contribution in [1.29, 1.82) is 5.26 Å². The zero-order valence-electron chi connectivity index (χ0n) is 13.9. The van der Waals surface area contributed by atoms with Gasteiger partial charge in [-0.25, -0.2) is 0 Å². The summed E-state index contributed by atoms with van der Waals surface area (Å²) >= 11 is 3.12. The number of fused-ring (bicyclic) bond motifs is 1. The molecule has 2 aromatic carbocycles. The maximum absolute atomic E-state index is 12.2. The fourth-order valence-corrected chi connectivity index (χ4v) is 5.01. The lowest BCUT2D eigenvalue weighted by Gasteiger charge is -2.24. The molecule has 1 amide bonds. The van der Waals surface area contributed by atoms with Crippen LogP contribution in [0.4, 0.5) is 0 Å². The molecule has 26 heavy (non-hydrogen) atoms. The van der Waals surface area contributed by atoms with E-state index < -0.39 is 0 Å². The van der Waals surface area contributed by atoms with Crippen molar-refractivity contribution in [3.63, 3.8) is 0 Å². The highest BCUT2D eigenvalue weighted by molar-refractivity contribution is 8.02. The molecule has 0 radical (unpaired) electrons. The number of thioether (sulfide) groups is 1. The quantitative estimate of drug-likeness (QED) is 0.683. The van der Waals surface area contributed by atoms with Crippen LogP contribution in [0.15, 0.2) is 70.6 Å². The summed E-state index contributed by atoms with van der Waals surface area (Å²) in [6.45, 7) is 0. The van der Waals surface area contributed by atoms with E-state index in [1.54, 1.807) is 11.3 Å². The number of allylic oxidation sites excluding steroid dienone is 1. The number of benzene rings is 2. The minimum Gasteiger partial charge on any atom is -0.320 e. The first-order valence-corrected chi connectivity index (χ1v) is 10.2. The highest BCUT2D eigenvalue weighted by Gasteiger charge is 2.30. The molecular weight excluding hydrogens is 360 g/mol. The first kappa shape index (κ1) is 16.9. The SMILES string of the molecule is N#CC1=C(SCc2ccc3ccccc3c2)NC(=O)C[C@@H]1c1cccs1. The van der Waals surface area contributed by atoms with Crippen LogP contribution in [0, 0.1) is 11.3 Å². The van der Waals surface area contributed by atoms with Crippen LogP contribution in [0.2, 0.25) is 0 Å². The van der Waals surface area contributed by atoms with E-state index in [0.717, 1.165) is 4.88 Å². The fraction of sp³-hybridized carbons (Fsp3) is 0.143. The van der Waals surface area contributed by atoms with Gasteiger partial charge in [-0.2, -0.15) is 5.26 Å². The Hall–Kier alpha value is -2.55. The number of nitrogens with zero attached hydrogens (tertiary/aromatic N) is 1. The molecule has 5 heteroatoms. The van der Waals surface area contributed by atoms with Gasteiger partial charge in [0.15, 0.2) is 0 Å². The molecule has 0 saturated heterocycles. The molecule has 0 spiro atoms. The van der Waals surface area contributed by atoms with Crippen molar-refractivity contribution in [2.45, 2.75) is 18.1 Å². The van der Waals surface area contributed by atoms with E-state index >= 15 is 0 Å². The number of hydrogen-bond donors (Lipinski definition) is 1. The Morgan fingerprint density at radius 1 is 1.15 bits per heavy atom. The molecule has 1 aliphatic rings. The van der Waals surface area contributed by atoms with Crippen LogP contribution in [0.5, 0.6) is 0 Å². The summed E-state index contributed by atoms with van der Waals surface area (Å²) in [5, 5.41) is 17.7. The van der Waals surface area contributed by atoms with Crippen molar-refractivity contribution in [1.82, 2.24) is 5.32 Å². The average Bonchev–Trinajstić information content (AvgIpc) is 3.20. The maximum atomic E-state index is 12.2. The standard InChI is InChI=1S/C21H16N2OS2/c22-12-18-17(19-6-3-9-25-19)11-20(24)23-21(18)26-13-14-7-8-15-4-1-2-5-16(15)10-14/h1-10,17H,11,13H2,(H,23,24)/t17-/m0/s1. The van der Waals surface area contributed by atoms with E-state index in [-0.39, 0.29) is 11.8 Å². The Morgan fingerprint density at radius 3 is 2.77 bits per heavy atom. The molecule has 0 fully saturated rings. The normalized spacial score (nSPS) is 17.2. The lowest BCUT2D eigenvalue weighted by molar-refractivity contribution is -0.120. The molecule has 3 nitrogen and oxygen atoms in total. The molecule has 128 valence electrons. The van der Waals surface area contributed by atoms with Gasteiger partial charge in [0.2, 0.25) is 5.91 Å². The molecule has 0 bridgehead atoms. The van der Waals surface area contributed by atoms with E-state index in [1.807, 2.05) is 29.6 Å². The molecule has 1 atom stereocenters. The molecular formula is C21H16N2OS2. The van der Waals surface area contributed by atoms with Gasteiger partial charge in [-0.05, 0) is 27.8 Å². The summed E-state index contributed by atoms with van der Waals surface area (Å²) in [5.41, 5.74) is 1.84. The third-order valence-corrected chi connectivity index (χ3v) is 6.51. The third-order valence-electron chi connectivity index (χ3n) is 4.44. The van der Waals surface area contributed by atoms with Crippen molar-refractivity contribution in [3.8, 4) is 6.07 Å². The van der Waals surface area contributed by atoms with Gasteiger partial charge in [0.05, 0.1) is 16.7 Å². The van der Waals surface area contributed by atoms with Crippen molar-refractivity contribution in [3.05, 3.63) is 81.0 Å². The molecule has 4 rings (SSSR count). The molecule has 0 unspecified atom stereocenters. The van der Waals surface area contributed by atoms with Crippen molar-refractivity contribution < 1.29 is 4.79 Å². The molecule has 0 saturated carbocycles. The average molecular weight is 377 g/mol. The van der Waals surface area contributed by atoms with Gasteiger partial charge in [-0.3, -0.25) is 4.79 Å². The highest BCUT2D eigenvalue weighted by Crippen LogP contribution is 2.38. The van der Waals surface area contributed by atoms with Crippen LogP contribution in [0.25, 0.3) is 10.8 Å². The zero-order chi connectivity index (χ0) is 17.9. The Balaban J connectivity index is 1.60. The smallest absolute Gasteiger partial charge is 0.225 e.